The third-order valence-corrected chi connectivity index (χ3v) is 5.29. The Kier molecular flexibility index (Phi) is 5.82. The van der Waals surface area contributed by atoms with Gasteiger partial charge in [0.1, 0.15) is 0 Å². The van der Waals surface area contributed by atoms with Gasteiger partial charge in [0.2, 0.25) is 0 Å². The average molecular weight is 255 g/mol. The molecule has 1 aliphatic carbocycles. The lowest BCUT2D eigenvalue weighted by Crippen LogP contribution is -2.33. The molecule has 1 rings (SSSR count). The van der Waals surface area contributed by atoms with Gasteiger partial charge in [-0.15, -0.1) is 0 Å². The van der Waals surface area contributed by atoms with Crippen LogP contribution in [0.1, 0.15) is 46.5 Å². The molecule has 1 N–H and O–H groups in total. The first-order valence-corrected chi connectivity index (χ1v) is 7.66. The van der Waals surface area contributed by atoms with Gasteiger partial charge in [0.05, 0.1) is 12.0 Å². The Hall–Kier alpha value is -0.200. The predicted molar refractivity (Wildman–Crippen MR) is 73.8 cm³/mol. The summed E-state index contributed by atoms with van der Waals surface area (Å²) in [6.07, 6.45) is 4.26. The molecular weight excluding hydrogens is 230 g/mol. The quantitative estimate of drug-likeness (QED) is 0.782. The van der Waals surface area contributed by atoms with E-state index in [0.29, 0.717) is 10.7 Å². The van der Waals surface area contributed by atoms with E-state index in [0.717, 1.165) is 30.9 Å². The molecule has 2 nitrogen and oxygen atoms in total. The third-order valence-electron chi connectivity index (χ3n) is 3.82. The topological polar surface area (TPSA) is 44.0 Å². The molecule has 0 spiro atoms. The molecule has 0 saturated heterocycles. The van der Waals surface area contributed by atoms with Crippen molar-refractivity contribution in [3.8, 4) is 6.07 Å². The van der Waals surface area contributed by atoms with Gasteiger partial charge in [0.15, 0.2) is 0 Å². The highest BCUT2D eigenvalue weighted by Gasteiger charge is 2.35. The van der Waals surface area contributed by atoms with E-state index in [-0.39, 0.29) is 12.5 Å². The first-order chi connectivity index (χ1) is 7.99. The maximum atomic E-state index is 9.19. The summed E-state index contributed by atoms with van der Waals surface area (Å²) in [4.78, 5) is 0. The molecule has 0 aromatic carbocycles. The first kappa shape index (κ1) is 14.9. The zero-order chi connectivity index (χ0) is 12.9. The SMILES string of the molecule is CC(C)(C)C1CCC(C#N)C(SCCCO)C1. The third kappa shape index (κ3) is 4.52. The Morgan fingerprint density at radius 3 is 2.59 bits per heavy atom. The van der Waals surface area contributed by atoms with Crippen LogP contribution in [0.25, 0.3) is 0 Å². The predicted octanol–water partition coefficient (Wildman–Crippen LogP) is 3.46. The van der Waals surface area contributed by atoms with Crippen LogP contribution < -0.4 is 0 Å². The average Bonchev–Trinajstić information content (AvgIpc) is 2.28. The number of hydrogen-bond acceptors (Lipinski definition) is 3. The molecule has 3 atom stereocenters. The molecule has 0 amide bonds. The summed E-state index contributed by atoms with van der Waals surface area (Å²) in [7, 11) is 0. The summed E-state index contributed by atoms with van der Waals surface area (Å²) in [5, 5.41) is 18.5. The van der Waals surface area contributed by atoms with E-state index < -0.39 is 0 Å². The monoisotopic (exact) mass is 255 g/mol. The van der Waals surface area contributed by atoms with E-state index in [4.69, 9.17) is 5.11 Å². The summed E-state index contributed by atoms with van der Waals surface area (Å²) in [5.74, 6) is 1.94. The summed E-state index contributed by atoms with van der Waals surface area (Å²) >= 11 is 1.89. The highest BCUT2D eigenvalue weighted by atomic mass is 32.2. The minimum absolute atomic E-state index is 0.220. The van der Waals surface area contributed by atoms with Gasteiger partial charge < -0.3 is 5.11 Å². The first-order valence-electron chi connectivity index (χ1n) is 6.61. The van der Waals surface area contributed by atoms with Crippen molar-refractivity contribution in [2.45, 2.75) is 51.7 Å². The highest BCUT2D eigenvalue weighted by Crippen LogP contribution is 2.43. The standard InChI is InChI=1S/C14H25NOS/c1-14(2,3)12-6-5-11(10-15)13(9-12)17-8-4-7-16/h11-13,16H,4-9H2,1-3H3. The molecule has 0 aromatic rings. The molecule has 3 unspecified atom stereocenters. The van der Waals surface area contributed by atoms with Crippen molar-refractivity contribution < 1.29 is 5.11 Å². The number of nitriles is 1. The van der Waals surface area contributed by atoms with Gasteiger partial charge in [-0.2, -0.15) is 17.0 Å². The minimum atomic E-state index is 0.220. The van der Waals surface area contributed by atoms with Crippen LogP contribution in [0.15, 0.2) is 0 Å². The number of thioether (sulfide) groups is 1. The maximum absolute atomic E-state index is 9.19. The second kappa shape index (κ2) is 6.66. The van der Waals surface area contributed by atoms with Crippen molar-refractivity contribution in [1.29, 1.82) is 5.26 Å². The van der Waals surface area contributed by atoms with E-state index in [2.05, 4.69) is 26.8 Å². The van der Waals surface area contributed by atoms with Crippen LogP contribution in [-0.2, 0) is 0 Å². The molecule has 0 heterocycles. The fraction of sp³-hybridized carbons (Fsp3) is 0.929. The molecule has 1 saturated carbocycles. The zero-order valence-electron chi connectivity index (χ0n) is 11.3. The van der Waals surface area contributed by atoms with Gasteiger partial charge in [-0.3, -0.25) is 0 Å². The van der Waals surface area contributed by atoms with Crippen LogP contribution in [0, 0.1) is 28.6 Å². The molecule has 1 fully saturated rings. The molecule has 0 aromatic heterocycles. The molecule has 17 heavy (non-hydrogen) atoms. The molecule has 0 bridgehead atoms. The Balaban J connectivity index is 2.53. The smallest absolute Gasteiger partial charge is 0.0667 e. The van der Waals surface area contributed by atoms with Crippen LogP contribution in [0.4, 0.5) is 0 Å². The molecular formula is C14H25NOS. The van der Waals surface area contributed by atoms with Crippen LogP contribution in [-0.4, -0.2) is 22.7 Å². The number of nitrogens with zero attached hydrogens (tertiary/aromatic N) is 1. The largest absolute Gasteiger partial charge is 0.396 e. The van der Waals surface area contributed by atoms with Crippen molar-refractivity contribution in [2.75, 3.05) is 12.4 Å². The molecule has 0 aliphatic heterocycles. The molecule has 1 aliphatic rings. The highest BCUT2D eigenvalue weighted by molar-refractivity contribution is 7.99. The van der Waals surface area contributed by atoms with Crippen LogP contribution in [0.5, 0.6) is 0 Å². The molecule has 3 heteroatoms. The Morgan fingerprint density at radius 2 is 2.06 bits per heavy atom. The van der Waals surface area contributed by atoms with Gasteiger partial charge >= 0.3 is 0 Å². The van der Waals surface area contributed by atoms with E-state index in [1.807, 2.05) is 11.8 Å². The van der Waals surface area contributed by atoms with E-state index in [9.17, 15) is 5.26 Å². The van der Waals surface area contributed by atoms with Crippen molar-refractivity contribution in [3.63, 3.8) is 0 Å². The fourth-order valence-electron chi connectivity index (χ4n) is 2.55. The van der Waals surface area contributed by atoms with Crippen LogP contribution in [0.3, 0.4) is 0 Å². The van der Waals surface area contributed by atoms with Crippen LogP contribution in [0.2, 0.25) is 0 Å². The number of rotatable bonds is 4. The number of aliphatic hydroxyl groups excluding tert-OH is 1. The maximum Gasteiger partial charge on any atom is 0.0667 e. The lowest BCUT2D eigenvalue weighted by atomic mass is 9.70. The van der Waals surface area contributed by atoms with Gasteiger partial charge in [-0.25, -0.2) is 0 Å². The van der Waals surface area contributed by atoms with E-state index in [1.165, 1.54) is 6.42 Å². The number of hydrogen-bond donors (Lipinski definition) is 1. The second-order valence-corrected chi connectivity index (χ2v) is 7.45. The zero-order valence-corrected chi connectivity index (χ0v) is 12.1. The van der Waals surface area contributed by atoms with Gasteiger partial charge in [-0.05, 0) is 42.8 Å². The second-order valence-electron chi connectivity index (χ2n) is 6.10. The summed E-state index contributed by atoms with van der Waals surface area (Å²) in [6.45, 7) is 7.18. The van der Waals surface area contributed by atoms with E-state index in [1.54, 1.807) is 0 Å². The van der Waals surface area contributed by atoms with Gasteiger partial charge in [-0.1, -0.05) is 20.8 Å². The Labute approximate surface area is 110 Å². The minimum Gasteiger partial charge on any atom is -0.396 e. The van der Waals surface area contributed by atoms with E-state index >= 15 is 0 Å². The van der Waals surface area contributed by atoms with Crippen molar-refractivity contribution in [3.05, 3.63) is 0 Å². The number of aliphatic hydroxyl groups is 1. The Morgan fingerprint density at radius 1 is 1.35 bits per heavy atom. The normalized spacial score (nSPS) is 29.9. The van der Waals surface area contributed by atoms with Gasteiger partial charge in [0, 0.05) is 11.9 Å². The summed E-state index contributed by atoms with van der Waals surface area (Å²) in [5.41, 5.74) is 0.357. The van der Waals surface area contributed by atoms with Crippen molar-refractivity contribution in [2.24, 2.45) is 17.3 Å². The lowest BCUT2D eigenvalue weighted by Gasteiger charge is -2.39. The van der Waals surface area contributed by atoms with Crippen molar-refractivity contribution in [1.82, 2.24) is 0 Å². The molecule has 0 radical (unpaired) electrons. The Bertz CT molecular complexity index is 266. The molecule has 98 valence electrons. The lowest BCUT2D eigenvalue weighted by molar-refractivity contribution is 0.169. The van der Waals surface area contributed by atoms with Crippen LogP contribution >= 0.6 is 11.8 Å². The van der Waals surface area contributed by atoms with Crippen molar-refractivity contribution >= 4 is 11.8 Å². The summed E-state index contributed by atoms with van der Waals surface area (Å²) in [6, 6.07) is 2.47. The fourth-order valence-corrected chi connectivity index (χ4v) is 3.94. The van der Waals surface area contributed by atoms with Gasteiger partial charge in [0.25, 0.3) is 0 Å². The summed E-state index contributed by atoms with van der Waals surface area (Å²) < 4.78 is 0.